The van der Waals surface area contributed by atoms with Crippen molar-refractivity contribution in [2.75, 3.05) is 7.11 Å². The summed E-state index contributed by atoms with van der Waals surface area (Å²) in [7, 11) is -2.37. The van der Waals surface area contributed by atoms with Gasteiger partial charge in [0.25, 0.3) is 0 Å². The van der Waals surface area contributed by atoms with Crippen LogP contribution >= 0.6 is 15.9 Å². The second-order valence-electron chi connectivity index (χ2n) is 4.69. The van der Waals surface area contributed by atoms with Crippen LogP contribution in [0.1, 0.15) is 18.5 Å². The van der Waals surface area contributed by atoms with Gasteiger partial charge in [0.2, 0.25) is 10.0 Å². The molecule has 0 aliphatic rings. The number of benzene rings is 2. The normalized spacial score (nSPS) is 12.9. The molecular weight excluding hydrogens is 373 g/mol. The Morgan fingerprint density at radius 2 is 1.82 bits per heavy atom. The topological polar surface area (TPSA) is 55.4 Å². The second kappa shape index (κ2) is 6.76. The zero-order chi connectivity index (χ0) is 16.3. The van der Waals surface area contributed by atoms with Crippen LogP contribution < -0.4 is 9.46 Å². The fraction of sp³-hybridized carbons (Fsp3) is 0.200. The molecule has 7 heteroatoms. The van der Waals surface area contributed by atoms with Gasteiger partial charge < -0.3 is 4.74 Å². The van der Waals surface area contributed by atoms with Crippen molar-refractivity contribution in [3.63, 3.8) is 0 Å². The summed E-state index contributed by atoms with van der Waals surface area (Å²) < 4.78 is 46.3. The summed E-state index contributed by atoms with van der Waals surface area (Å²) in [6.07, 6.45) is 0. The van der Waals surface area contributed by atoms with Crippen LogP contribution in [0.25, 0.3) is 0 Å². The summed E-state index contributed by atoms with van der Waals surface area (Å²) in [6.45, 7) is 1.69. The number of hydrogen-bond donors (Lipinski definition) is 1. The molecule has 0 spiro atoms. The van der Waals surface area contributed by atoms with Crippen LogP contribution in [0.4, 0.5) is 4.39 Å². The molecule has 0 aromatic heterocycles. The van der Waals surface area contributed by atoms with Gasteiger partial charge in [0, 0.05) is 10.5 Å². The lowest BCUT2D eigenvalue weighted by atomic mass is 10.1. The first-order valence-electron chi connectivity index (χ1n) is 6.45. The van der Waals surface area contributed by atoms with E-state index in [1.165, 1.54) is 25.3 Å². The molecule has 1 atom stereocenters. The van der Waals surface area contributed by atoms with Gasteiger partial charge in [0.15, 0.2) is 0 Å². The van der Waals surface area contributed by atoms with Crippen LogP contribution in [-0.2, 0) is 10.0 Å². The molecule has 2 aromatic rings. The third-order valence-electron chi connectivity index (χ3n) is 3.12. The van der Waals surface area contributed by atoms with Crippen molar-refractivity contribution < 1.29 is 17.5 Å². The minimum Gasteiger partial charge on any atom is -0.495 e. The van der Waals surface area contributed by atoms with E-state index in [9.17, 15) is 12.8 Å². The highest BCUT2D eigenvalue weighted by Gasteiger charge is 2.22. The van der Waals surface area contributed by atoms with E-state index in [1.807, 2.05) is 0 Å². The summed E-state index contributed by atoms with van der Waals surface area (Å²) in [4.78, 5) is 0.0401. The maximum Gasteiger partial charge on any atom is 0.244 e. The highest BCUT2D eigenvalue weighted by atomic mass is 79.9. The minimum absolute atomic E-state index is 0.0401. The molecule has 118 valence electrons. The number of methoxy groups -OCH3 is 1. The van der Waals surface area contributed by atoms with Crippen molar-refractivity contribution in [1.29, 1.82) is 0 Å². The van der Waals surface area contributed by atoms with Gasteiger partial charge in [-0.25, -0.2) is 17.5 Å². The van der Waals surface area contributed by atoms with Gasteiger partial charge in [-0.2, -0.15) is 0 Å². The quantitative estimate of drug-likeness (QED) is 0.851. The van der Waals surface area contributed by atoms with E-state index < -0.39 is 16.1 Å². The Bertz CT molecular complexity index is 763. The van der Waals surface area contributed by atoms with E-state index in [1.54, 1.807) is 31.2 Å². The molecule has 0 radical (unpaired) electrons. The number of hydrogen-bond acceptors (Lipinski definition) is 3. The van der Waals surface area contributed by atoms with Crippen LogP contribution in [0.15, 0.2) is 51.8 Å². The first-order valence-corrected chi connectivity index (χ1v) is 8.72. The first-order chi connectivity index (χ1) is 10.3. The van der Waals surface area contributed by atoms with E-state index in [4.69, 9.17) is 4.74 Å². The molecule has 4 nitrogen and oxygen atoms in total. The summed E-state index contributed by atoms with van der Waals surface area (Å²) in [6, 6.07) is 9.90. The molecular formula is C15H15BrFNO3S. The number of rotatable bonds is 5. The molecule has 2 aromatic carbocycles. The monoisotopic (exact) mass is 387 g/mol. The maximum absolute atomic E-state index is 12.9. The lowest BCUT2D eigenvalue weighted by Crippen LogP contribution is -2.27. The van der Waals surface area contributed by atoms with Gasteiger partial charge in [-0.1, -0.05) is 28.1 Å². The van der Waals surface area contributed by atoms with Crippen molar-refractivity contribution in [2.24, 2.45) is 0 Å². The van der Waals surface area contributed by atoms with Crippen molar-refractivity contribution >= 4 is 26.0 Å². The molecule has 0 saturated heterocycles. The molecule has 1 unspecified atom stereocenters. The van der Waals surface area contributed by atoms with E-state index in [0.29, 0.717) is 10.0 Å². The van der Waals surface area contributed by atoms with Gasteiger partial charge >= 0.3 is 0 Å². The van der Waals surface area contributed by atoms with Crippen LogP contribution in [0, 0.1) is 5.82 Å². The van der Waals surface area contributed by atoms with Gasteiger partial charge in [-0.05, 0) is 42.8 Å². The minimum atomic E-state index is -3.78. The largest absolute Gasteiger partial charge is 0.495 e. The predicted molar refractivity (Wildman–Crippen MR) is 85.8 cm³/mol. The van der Waals surface area contributed by atoms with E-state index in [2.05, 4.69) is 20.7 Å². The van der Waals surface area contributed by atoms with Crippen LogP contribution in [0.2, 0.25) is 0 Å². The molecule has 0 fully saturated rings. The highest BCUT2D eigenvalue weighted by Crippen LogP contribution is 2.28. The Hall–Kier alpha value is -1.44. The Balaban J connectivity index is 2.31. The zero-order valence-corrected chi connectivity index (χ0v) is 14.4. The van der Waals surface area contributed by atoms with E-state index in [0.717, 1.165) is 0 Å². The summed E-state index contributed by atoms with van der Waals surface area (Å²) >= 11 is 3.25. The Morgan fingerprint density at radius 3 is 2.41 bits per heavy atom. The molecule has 0 aliphatic carbocycles. The third-order valence-corrected chi connectivity index (χ3v) is 5.17. The lowest BCUT2D eigenvalue weighted by molar-refractivity contribution is 0.402. The second-order valence-corrected chi connectivity index (χ2v) is 7.29. The van der Waals surface area contributed by atoms with E-state index in [-0.39, 0.29) is 16.5 Å². The summed E-state index contributed by atoms with van der Waals surface area (Å²) in [5.74, 6) is -0.116. The van der Waals surface area contributed by atoms with Crippen molar-refractivity contribution in [2.45, 2.75) is 17.9 Å². The van der Waals surface area contributed by atoms with Gasteiger partial charge in [0.1, 0.15) is 16.5 Å². The molecule has 2 rings (SSSR count). The predicted octanol–water partition coefficient (Wildman–Crippen LogP) is 3.64. The molecule has 22 heavy (non-hydrogen) atoms. The average Bonchev–Trinajstić information content (AvgIpc) is 2.47. The van der Waals surface area contributed by atoms with Gasteiger partial charge in [-0.15, -0.1) is 0 Å². The average molecular weight is 388 g/mol. The fourth-order valence-electron chi connectivity index (χ4n) is 1.98. The summed E-state index contributed by atoms with van der Waals surface area (Å²) in [5.41, 5.74) is 0.666. The molecule has 0 saturated carbocycles. The van der Waals surface area contributed by atoms with Gasteiger partial charge in [-0.3, -0.25) is 0 Å². The fourth-order valence-corrected chi connectivity index (χ4v) is 3.92. The van der Waals surface area contributed by atoms with E-state index >= 15 is 0 Å². The Labute approximate surface area is 137 Å². The molecule has 0 aliphatic heterocycles. The Kier molecular flexibility index (Phi) is 5.20. The SMILES string of the molecule is COc1ccc(Br)cc1S(=O)(=O)NC(C)c1ccc(F)cc1. The molecule has 0 amide bonds. The standard InChI is InChI=1S/C15H15BrFNO3S/c1-10(11-3-6-13(17)7-4-11)18-22(19,20)15-9-12(16)5-8-14(15)21-2/h3-10,18H,1-2H3. The van der Waals surface area contributed by atoms with Crippen LogP contribution in [-0.4, -0.2) is 15.5 Å². The smallest absolute Gasteiger partial charge is 0.244 e. The lowest BCUT2D eigenvalue weighted by Gasteiger charge is -2.16. The van der Waals surface area contributed by atoms with Gasteiger partial charge in [0.05, 0.1) is 7.11 Å². The summed E-state index contributed by atoms with van der Waals surface area (Å²) in [5, 5.41) is 0. The molecule has 0 heterocycles. The maximum atomic E-state index is 12.9. The molecule has 0 bridgehead atoms. The molecule has 1 N–H and O–H groups in total. The van der Waals surface area contributed by atoms with Crippen molar-refractivity contribution in [1.82, 2.24) is 4.72 Å². The Morgan fingerprint density at radius 1 is 1.18 bits per heavy atom. The first kappa shape index (κ1) is 16.9. The van der Waals surface area contributed by atoms with Crippen LogP contribution in [0.3, 0.4) is 0 Å². The number of halogens is 2. The number of nitrogens with one attached hydrogen (secondary N) is 1. The number of ether oxygens (including phenoxy) is 1. The number of sulfonamides is 1. The van der Waals surface area contributed by atoms with Crippen LogP contribution in [0.5, 0.6) is 5.75 Å². The van der Waals surface area contributed by atoms with Crippen molar-refractivity contribution in [3.8, 4) is 5.75 Å². The third kappa shape index (κ3) is 3.85. The van der Waals surface area contributed by atoms with Crippen molar-refractivity contribution in [3.05, 3.63) is 58.3 Å². The zero-order valence-electron chi connectivity index (χ0n) is 12.0. The highest BCUT2D eigenvalue weighted by molar-refractivity contribution is 9.10.